The molecule has 6 nitrogen and oxygen atoms in total. The average molecular weight is 321 g/mol. The number of aromatic nitrogens is 1. The van der Waals surface area contributed by atoms with Crippen LogP contribution in [0.2, 0.25) is 5.02 Å². The third kappa shape index (κ3) is 4.20. The van der Waals surface area contributed by atoms with E-state index in [1.807, 2.05) is 18.2 Å². The van der Waals surface area contributed by atoms with E-state index in [2.05, 4.69) is 10.3 Å². The van der Waals surface area contributed by atoms with Crippen LogP contribution in [0, 0.1) is 0 Å². The lowest BCUT2D eigenvalue weighted by molar-refractivity contribution is 0.112. The molecule has 0 atom stereocenters. The molecule has 2 N–H and O–H groups in total. The molecule has 22 heavy (non-hydrogen) atoms. The summed E-state index contributed by atoms with van der Waals surface area (Å²) < 4.78 is 5.54. The molecular formula is C15H13ClN2O4. The Morgan fingerprint density at radius 2 is 2.23 bits per heavy atom. The number of rotatable bonds is 6. The first-order chi connectivity index (χ1) is 10.6. The zero-order chi connectivity index (χ0) is 15.9. The second kappa shape index (κ2) is 7.42. The fraction of sp³-hybridized carbons (Fsp3) is 0.133. The highest BCUT2D eigenvalue weighted by molar-refractivity contribution is 6.32. The summed E-state index contributed by atoms with van der Waals surface area (Å²) in [4.78, 5) is 25.8. The molecule has 0 spiro atoms. The van der Waals surface area contributed by atoms with Crippen LogP contribution in [0.15, 0.2) is 36.5 Å². The predicted molar refractivity (Wildman–Crippen MR) is 81.9 cm³/mol. The predicted octanol–water partition coefficient (Wildman–Crippen LogP) is 3.26. The van der Waals surface area contributed by atoms with Gasteiger partial charge in [0, 0.05) is 29.9 Å². The third-order valence-corrected chi connectivity index (χ3v) is 3.11. The normalized spacial score (nSPS) is 10.0. The average Bonchev–Trinajstić information content (AvgIpc) is 2.50. The van der Waals surface area contributed by atoms with E-state index in [1.54, 1.807) is 6.20 Å². The van der Waals surface area contributed by atoms with E-state index in [-0.39, 0.29) is 16.3 Å². The molecule has 2 rings (SSSR count). The first-order valence-electron chi connectivity index (χ1n) is 6.41. The number of halogens is 1. The van der Waals surface area contributed by atoms with Crippen LogP contribution in [-0.2, 0) is 6.42 Å². The summed E-state index contributed by atoms with van der Waals surface area (Å²) in [7, 11) is 0. The minimum Gasteiger partial charge on any atom is -0.492 e. The van der Waals surface area contributed by atoms with Crippen molar-refractivity contribution < 1.29 is 19.4 Å². The van der Waals surface area contributed by atoms with Gasteiger partial charge in [0.15, 0.2) is 6.29 Å². The van der Waals surface area contributed by atoms with Gasteiger partial charge in [0.1, 0.15) is 5.75 Å². The van der Waals surface area contributed by atoms with E-state index in [4.69, 9.17) is 21.4 Å². The number of carbonyl (C=O) groups is 2. The Morgan fingerprint density at radius 3 is 2.86 bits per heavy atom. The molecule has 1 aromatic heterocycles. The molecule has 2 aromatic rings. The van der Waals surface area contributed by atoms with Crippen molar-refractivity contribution in [1.29, 1.82) is 0 Å². The summed E-state index contributed by atoms with van der Waals surface area (Å²) in [6.07, 6.45) is 1.52. The van der Waals surface area contributed by atoms with Crippen LogP contribution in [-0.4, -0.2) is 29.1 Å². The van der Waals surface area contributed by atoms with Crippen LogP contribution in [0.25, 0.3) is 0 Å². The van der Waals surface area contributed by atoms with Crippen LogP contribution in [0.1, 0.15) is 16.1 Å². The Balaban J connectivity index is 2.09. The molecule has 0 saturated heterocycles. The number of benzene rings is 1. The maximum Gasteiger partial charge on any atom is 0.409 e. The molecule has 1 heterocycles. The number of aldehydes is 1. The highest BCUT2D eigenvalue weighted by atomic mass is 35.5. The second-order valence-electron chi connectivity index (χ2n) is 4.34. The number of pyridine rings is 1. The standard InChI is InChI=1S/C15H13ClN2O4/c16-12-7-10(9-19)13(18-15(20)21)8-14(12)22-6-4-11-3-1-2-5-17-11/h1-3,5,7-9,18H,4,6H2,(H,20,21). The third-order valence-electron chi connectivity index (χ3n) is 2.81. The SMILES string of the molecule is O=Cc1cc(Cl)c(OCCc2ccccn2)cc1NC(=O)O. The van der Waals surface area contributed by atoms with Gasteiger partial charge in [-0.3, -0.25) is 15.1 Å². The smallest absolute Gasteiger partial charge is 0.409 e. The monoisotopic (exact) mass is 320 g/mol. The molecule has 0 aliphatic rings. The quantitative estimate of drug-likeness (QED) is 0.797. The number of nitrogens with one attached hydrogen (secondary N) is 1. The van der Waals surface area contributed by atoms with E-state index >= 15 is 0 Å². The number of ether oxygens (including phenoxy) is 1. The molecule has 0 aliphatic carbocycles. The van der Waals surface area contributed by atoms with Gasteiger partial charge in [-0.15, -0.1) is 0 Å². The van der Waals surface area contributed by atoms with Gasteiger partial charge in [-0.05, 0) is 18.2 Å². The summed E-state index contributed by atoms with van der Waals surface area (Å²) in [6.45, 7) is 0.323. The van der Waals surface area contributed by atoms with Crippen LogP contribution in [0.3, 0.4) is 0 Å². The first kappa shape index (κ1) is 15.8. The van der Waals surface area contributed by atoms with Gasteiger partial charge in [0.25, 0.3) is 0 Å². The van der Waals surface area contributed by atoms with E-state index in [0.29, 0.717) is 25.1 Å². The summed E-state index contributed by atoms with van der Waals surface area (Å²) in [5, 5.41) is 11.1. The fourth-order valence-electron chi connectivity index (χ4n) is 1.81. The van der Waals surface area contributed by atoms with Crippen molar-refractivity contribution in [1.82, 2.24) is 4.98 Å². The number of anilines is 1. The molecule has 0 radical (unpaired) electrons. The van der Waals surface area contributed by atoms with Crippen molar-refractivity contribution in [2.24, 2.45) is 0 Å². The van der Waals surface area contributed by atoms with E-state index < -0.39 is 6.09 Å². The number of carboxylic acid groups (broad SMARTS) is 1. The van der Waals surface area contributed by atoms with Gasteiger partial charge in [0.2, 0.25) is 0 Å². The molecular weight excluding hydrogens is 308 g/mol. The molecule has 7 heteroatoms. The Kier molecular flexibility index (Phi) is 5.32. The Labute approximate surface area is 131 Å². The molecule has 0 saturated carbocycles. The summed E-state index contributed by atoms with van der Waals surface area (Å²) in [5.74, 6) is 0.298. The van der Waals surface area contributed by atoms with E-state index in [0.717, 1.165) is 5.69 Å². The van der Waals surface area contributed by atoms with Gasteiger partial charge in [-0.2, -0.15) is 0 Å². The zero-order valence-electron chi connectivity index (χ0n) is 11.5. The van der Waals surface area contributed by atoms with E-state index in [9.17, 15) is 9.59 Å². The van der Waals surface area contributed by atoms with Gasteiger partial charge in [-0.1, -0.05) is 17.7 Å². The van der Waals surface area contributed by atoms with Crippen molar-refractivity contribution in [2.45, 2.75) is 6.42 Å². The molecule has 0 unspecified atom stereocenters. The van der Waals surface area contributed by atoms with Gasteiger partial charge in [0.05, 0.1) is 17.3 Å². The van der Waals surface area contributed by atoms with Crippen LogP contribution in [0.4, 0.5) is 10.5 Å². The zero-order valence-corrected chi connectivity index (χ0v) is 12.2. The molecule has 1 aromatic carbocycles. The van der Waals surface area contributed by atoms with Gasteiger partial charge >= 0.3 is 6.09 Å². The summed E-state index contributed by atoms with van der Waals surface area (Å²) in [6, 6.07) is 8.32. The highest BCUT2D eigenvalue weighted by Gasteiger charge is 2.11. The maximum atomic E-state index is 10.9. The second-order valence-corrected chi connectivity index (χ2v) is 4.74. The van der Waals surface area contributed by atoms with Crippen molar-refractivity contribution >= 4 is 29.7 Å². The number of carbonyl (C=O) groups excluding carboxylic acids is 1. The van der Waals surface area contributed by atoms with Crippen molar-refractivity contribution in [3.63, 3.8) is 0 Å². The highest BCUT2D eigenvalue weighted by Crippen LogP contribution is 2.30. The fourth-order valence-corrected chi connectivity index (χ4v) is 2.04. The Hall–Kier alpha value is -2.60. The lowest BCUT2D eigenvalue weighted by Gasteiger charge is -2.11. The van der Waals surface area contributed by atoms with E-state index in [1.165, 1.54) is 12.1 Å². The topological polar surface area (TPSA) is 88.5 Å². The first-order valence-corrected chi connectivity index (χ1v) is 6.79. The lowest BCUT2D eigenvalue weighted by Crippen LogP contribution is -2.10. The molecule has 0 fully saturated rings. The minimum atomic E-state index is -1.27. The van der Waals surface area contributed by atoms with Gasteiger partial charge in [-0.25, -0.2) is 4.79 Å². The van der Waals surface area contributed by atoms with Crippen LogP contribution in [0.5, 0.6) is 5.75 Å². The van der Waals surface area contributed by atoms with Crippen LogP contribution < -0.4 is 10.1 Å². The minimum absolute atomic E-state index is 0.125. The van der Waals surface area contributed by atoms with Gasteiger partial charge < -0.3 is 9.84 Å². The molecule has 1 amide bonds. The largest absolute Gasteiger partial charge is 0.492 e. The molecule has 0 aliphatic heterocycles. The molecule has 114 valence electrons. The number of hydrogen-bond acceptors (Lipinski definition) is 4. The van der Waals surface area contributed by atoms with Crippen molar-refractivity contribution in [3.8, 4) is 5.75 Å². The molecule has 0 bridgehead atoms. The maximum absolute atomic E-state index is 10.9. The van der Waals surface area contributed by atoms with Crippen molar-refractivity contribution in [3.05, 3.63) is 52.8 Å². The summed E-state index contributed by atoms with van der Waals surface area (Å²) in [5.41, 5.74) is 1.14. The lowest BCUT2D eigenvalue weighted by atomic mass is 10.2. The van der Waals surface area contributed by atoms with Crippen LogP contribution >= 0.6 is 11.6 Å². The van der Waals surface area contributed by atoms with Crippen molar-refractivity contribution in [2.75, 3.05) is 11.9 Å². The Bertz CT molecular complexity index is 677. The summed E-state index contributed by atoms with van der Waals surface area (Å²) >= 11 is 6.02. The Morgan fingerprint density at radius 1 is 1.41 bits per heavy atom. The number of amides is 1. The number of nitrogens with zero attached hydrogens (tertiary/aromatic N) is 1. The number of hydrogen-bond donors (Lipinski definition) is 2.